The normalized spacial score (nSPS) is 16.1. The SMILES string of the molecule is OC(CN=C(Nc1ccccc1)N1CCCCC1)c1cccc(OC(F)F)c1. The lowest BCUT2D eigenvalue weighted by Crippen LogP contribution is -2.40. The van der Waals surface area contributed by atoms with Gasteiger partial charge in [-0.05, 0) is 49.1 Å². The number of halogens is 2. The van der Waals surface area contributed by atoms with Gasteiger partial charge in [-0.2, -0.15) is 8.78 Å². The molecule has 0 saturated carbocycles. The van der Waals surface area contributed by atoms with E-state index in [1.807, 2.05) is 30.3 Å². The van der Waals surface area contributed by atoms with Crippen LogP contribution in [0.2, 0.25) is 0 Å². The third-order valence-corrected chi connectivity index (χ3v) is 4.57. The number of aliphatic hydroxyl groups excluding tert-OH is 1. The average molecular weight is 389 g/mol. The molecule has 0 amide bonds. The zero-order valence-electron chi connectivity index (χ0n) is 15.6. The molecule has 0 radical (unpaired) electrons. The van der Waals surface area contributed by atoms with E-state index >= 15 is 0 Å². The Morgan fingerprint density at radius 3 is 2.54 bits per heavy atom. The van der Waals surface area contributed by atoms with Crippen molar-refractivity contribution in [3.05, 3.63) is 60.2 Å². The molecule has 7 heteroatoms. The first-order valence-electron chi connectivity index (χ1n) is 9.46. The predicted octanol–water partition coefficient (Wildman–Crippen LogP) is 4.28. The minimum absolute atomic E-state index is 0.0224. The van der Waals surface area contributed by atoms with E-state index in [2.05, 4.69) is 19.9 Å². The number of nitrogens with one attached hydrogen (secondary N) is 1. The third kappa shape index (κ3) is 5.92. The van der Waals surface area contributed by atoms with Gasteiger partial charge in [-0.3, -0.25) is 0 Å². The molecule has 1 heterocycles. The molecule has 0 aliphatic carbocycles. The van der Waals surface area contributed by atoms with E-state index in [4.69, 9.17) is 0 Å². The van der Waals surface area contributed by atoms with Gasteiger partial charge in [-0.25, -0.2) is 4.99 Å². The fraction of sp³-hybridized carbons (Fsp3) is 0.381. The fourth-order valence-electron chi connectivity index (χ4n) is 3.15. The zero-order chi connectivity index (χ0) is 19.8. The van der Waals surface area contributed by atoms with E-state index in [1.54, 1.807) is 12.1 Å². The van der Waals surface area contributed by atoms with Gasteiger partial charge in [0.05, 0.1) is 12.6 Å². The van der Waals surface area contributed by atoms with Crippen LogP contribution in [0.5, 0.6) is 5.75 Å². The number of nitrogens with zero attached hydrogens (tertiary/aromatic N) is 2. The molecule has 1 aliphatic rings. The van der Waals surface area contributed by atoms with Crippen LogP contribution in [0.15, 0.2) is 59.6 Å². The molecule has 2 aromatic carbocycles. The quantitative estimate of drug-likeness (QED) is 0.572. The molecule has 2 N–H and O–H groups in total. The van der Waals surface area contributed by atoms with Crippen LogP contribution in [0.1, 0.15) is 30.9 Å². The van der Waals surface area contributed by atoms with Crippen molar-refractivity contribution in [2.24, 2.45) is 4.99 Å². The first-order valence-corrected chi connectivity index (χ1v) is 9.46. The highest BCUT2D eigenvalue weighted by Gasteiger charge is 2.16. The molecule has 1 fully saturated rings. The van der Waals surface area contributed by atoms with Crippen molar-refractivity contribution in [2.45, 2.75) is 32.0 Å². The first-order chi connectivity index (χ1) is 13.6. The van der Waals surface area contributed by atoms with E-state index in [1.165, 1.54) is 18.6 Å². The Balaban J connectivity index is 1.72. The number of hydrogen-bond donors (Lipinski definition) is 2. The number of rotatable bonds is 6. The third-order valence-electron chi connectivity index (χ3n) is 4.57. The fourth-order valence-corrected chi connectivity index (χ4v) is 3.15. The van der Waals surface area contributed by atoms with Crippen molar-refractivity contribution < 1.29 is 18.6 Å². The maximum atomic E-state index is 12.4. The molecule has 0 bridgehead atoms. The number of aliphatic imine (C=N–C) groups is 1. The van der Waals surface area contributed by atoms with E-state index < -0.39 is 12.7 Å². The summed E-state index contributed by atoms with van der Waals surface area (Å²) in [5.41, 5.74) is 1.41. The smallest absolute Gasteiger partial charge is 0.387 e. The Morgan fingerprint density at radius 1 is 1.07 bits per heavy atom. The molecule has 150 valence electrons. The summed E-state index contributed by atoms with van der Waals surface area (Å²) in [6.45, 7) is -0.964. The van der Waals surface area contributed by atoms with E-state index in [0.29, 0.717) is 11.5 Å². The second kappa shape index (κ2) is 10.0. The highest BCUT2D eigenvalue weighted by atomic mass is 19.3. The van der Waals surface area contributed by atoms with Crippen LogP contribution in [0.4, 0.5) is 14.5 Å². The van der Waals surface area contributed by atoms with Crippen molar-refractivity contribution in [3.8, 4) is 5.75 Å². The monoisotopic (exact) mass is 389 g/mol. The summed E-state index contributed by atoms with van der Waals surface area (Å²) in [5, 5.41) is 13.8. The predicted molar refractivity (Wildman–Crippen MR) is 106 cm³/mol. The van der Waals surface area contributed by atoms with Gasteiger partial charge in [0.2, 0.25) is 0 Å². The first kappa shape index (κ1) is 20.1. The molecule has 2 aromatic rings. The van der Waals surface area contributed by atoms with Crippen LogP contribution in [0, 0.1) is 0 Å². The van der Waals surface area contributed by atoms with Crippen LogP contribution in [0.25, 0.3) is 0 Å². The molecule has 1 unspecified atom stereocenters. The van der Waals surface area contributed by atoms with Crippen molar-refractivity contribution in [2.75, 3.05) is 25.0 Å². The summed E-state index contributed by atoms with van der Waals surface area (Å²) < 4.78 is 29.2. The van der Waals surface area contributed by atoms with Gasteiger partial charge in [-0.15, -0.1) is 0 Å². The standard InChI is InChI=1S/C21H25F2N3O2/c22-20(23)28-18-11-7-8-16(14-18)19(27)15-24-21(26-12-5-2-6-13-26)25-17-9-3-1-4-10-17/h1,3-4,7-11,14,19-20,27H,2,5-6,12-13,15H2,(H,24,25). The van der Waals surface area contributed by atoms with Gasteiger partial charge in [0.15, 0.2) is 5.96 Å². The summed E-state index contributed by atoms with van der Waals surface area (Å²) >= 11 is 0. The molecule has 0 spiro atoms. The Hall–Kier alpha value is -2.67. The van der Waals surface area contributed by atoms with Gasteiger partial charge in [0.1, 0.15) is 5.75 Å². The highest BCUT2D eigenvalue weighted by Crippen LogP contribution is 2.21. The minimum Gasteiger partial charge on any atom is -0.435 e. The lowest BCUT2D eigenvalue weighted by molar-refractivity contribution is -0.0499. The minimum atomic E-state index is -2.90. The van der Waals surface area contributed by atoms with Crippen LogP contribution in [0.3, 0.4) is 0 Å². The maximum absolute atomic E-state index is 12.4. The average Bonchev–Trinajstić information content (AvgIpc) is 2.72. The molecule has 5 nitrogen and oxygen atoms in total. The number of alkyl halides is 2. The molecular formula is C21H25F2N3O2. The lowest BCUT2D eigenvalue weighted by atomic mass is 10.1. The van der Waals surface area contributed by atoms with Crippen LogP contribution >= 0.6 is 0 Å². The molecule has 3 rings (SSSR count). The van der Waals surface area contributed by atoms with Crippen molar-refractivity contribution >= 4 is 11.6 Å². The number of para-hydroxylation sites is 1. The largest absolute Gasteiger partial charge is 0.435 e. The van der Waals surface area contributed by atoms with E-state index in [9.17, 15) is 13.9 Å². The van der Waals surface area contributed by atoms with Gasteiger partial charge in [-0.1, -0.05) is 30.3 Å². The second-order valence-electron chi connectivity index (χ2n) is 6.67. The van der Waals surface area contributed by atoms with Crippen LogP contribution in [-0.4, -0.2) is 42.2 Å². The Kier molecular flexibility index (Phi) is 7.19. The number of anilines is 1. The number of piperidine rings is 1. The maximum Gasteiger partial charge on any atom is 0.387 e. The molecule has 28 heavy (non-hydrogen) atoms. The van der Waals surface area contributed by atoms with Gasteiger partial charge >= 0.3 is 6.61 Å². The van der Waals surface area contributed by atoms with Crippen molar-refractivity contribution in [1.82, 2.24) is 4.90 Å². The summed E-state index contributed by atoms with van der Waals surface area (Å²) in [6.07, 6.45) is 2.49. The molecule has 1 aliphatic heterocycles. The molecule has 1 saturated heterocycles. The number of ether oxygens (including phenoxy) is 1. The Labute approximate surface area is 163 Å². The number of aliphatic hydroxyl groups is 1. The number of hydrogen-bond acceptors (Lipinski definition) is 3. The Morgan fingerprint density at radius 2 is 1.82 bits per heavy atom. The number of likely N-dealkylation sites (tertiary alicyclic amines) is 1. The Bertz CT molecular complexity index is 765. The summed E-state index contributed by atoms with van der Waals surface area (Å²) in [7, 11) is 0. The molecular weight excluding hydrogens is 364 g/mol. The molecule has 0 aromatic heterocycles. The lowest BCUT2D eigenvalue weighted by Gasteiger charge is -2.30. The summed E-state index contributed by atoms with van der Waals surface area (Å²) in [5.74, 6) is 0.735. The van der Waals surface area contributed by atoms with E-state index in [-0.39, 0.29) is 12.3 Å². The van der Waals surface area contributed by atoms with Crippen molar-refractivity contribution in [3.63, 3.8) is 0 Å². The van der Waals surface area contributed by atoms with E-state index in [0.717, 1.165) is 31.6 Å². The van der Waals surface area contributed by atoms with Crippen LogP contribution in [-0.2, 0) is 0 Å². The second-order valence-corrected chi connectivity index (χ2v) is 6.67. The van der Waals surface area contributed by atoms with Gasteiger partial charge in [0.25, 0.3) is 0 Å². The topological polar surface area (TPSA) is 57.1 Å². The number of guanidine groups is 1. The van der Waals surface area contributed by atoms with Gasteiger partial charge < -0.3 is 20.1 Å². The van der Waals surface area contributed by atoms with Crippen molar-refractivity contribution in [1.29, 1.82) is 0 Å². The highest BCUT2D eigenvalue weighted by molar-refractivity contribution is 5.93. The van der Waals surface area contributed by atoms with Gasteiger partial charge in [0, 0.05) is 18.8 Å². The molecule has 1 atom stereocenters. The summed E-state index contributed by atoms with van der Waals surface area (Å²) in [4.78, 5) is 6.78. The zero-order valence-corrected chi connectivity index (χ0v) is 15.6. The number of benzene rings is 2. The van der Waals surface area contributed by atoms with Crippen LogP contribution < -0.4 is 10.1 Å². The summed E-state index contributed by atoms with van der Waals surface area (Å²) in [6, 6.07) is 15.8.